The summed E-state index contributed by atoms with van der Waals surface area (Å²) < 4.78 is 13.9. The summed E-state index contributed by atoms with van der Waals surface area (Å²) in [6, 6.07) is 31.6. The Morgan fingerprint density at radius 3 is 2.31 bits per heavy atom. The van der Waals surface area contributed by atoms with Crippen LogP contribution in [0.15, 0.2) is 103 Å². The highest BCUT2D eigenvalue weighted by molar-refractivity contribution is 5.74. The maximum Gasteiger partial charge on any atom is 0.310 e. The van der Waals surface area contributed by atoms with Gasteiger partial charge in [0, 0.05) is 18.1 Å². The van der Waals surface area contributed by atoms with E-state index in [0.717, 1.165) is 11.1 Å². The Hall–Kier alpha value is -4.72. The molecule has 5 aromatic rings. The van der Waals surface area contributed by atoms with Crippen molar-refractivity contribution in [3.8, 4) is 11.5 Å². The summed E-state index contributed by atoms with van der Waals surface area (Å²) >= 11 is 0. The van der Waals surface area contributed by atoms with Crippen LogP contribution in [0.4, 0.5) is 5.69 Å². The van der Waals surface area contributed by atoms with Crippen molar-refractivity contribution in [2.45, 2.75) is 12.1 Å². The maximum absolute atomic E-state index is 11.6. The molecule has 0 aliphatic heterocycles. The minimum Gasteiger partial charge on any atom is -0.490 e. The summed E-state index contributed by atoms with van der Waals surface area (Å²) in [5, 5.41) is 20.5. The van der Waals surface area contributed by atoms with E-state index in [9.17, 15) is 10.1 Å². The summed E-state index contributed by atoms with van der Waals surface area (Å²) in [7, 11) is 1.41. The minimum atomic E-state index is -1.23. The van der Waals surface area contributed by atoms with Gasteiger partial charge in [0.2, 0.25) is 5.72 Å². The van der Waals surface area contributed by atoms with Crippen LogP contribution in [0.3, 0.4) is 0 Å². The quantitative estimate of drug-likeness (QED) is 0.225. The number of benzene rings is 4. The second-order valence-corrected chi connectivity index (χ2v) is 8.00. The van der Waals surface area contributed by atoms with Crippen molar-refractivity contribution in [1.29, 1.82) is 0 Å². The second-order valence-electron chi connectivity index (χ2n) is 8.00. The monoisotopic (exact) mass is 466 g/mol. The Balaban J connectivity index is 1.81. The lowest BCUT2D eigenvalue weighted by atomic mass is 9.93. The zero-order chi connectivity index (χ0) is 24.3. The third-order valence-electron chi connectivity index (χ3n) is 5.84. The molecule has 0 radical (unpaired) electrons. The fourth-order valence-electron chi connectivity index (χ4n) is 4.20. The van der Waals surface area contributed by atoms with E-state index < -0.39 is 10.6 Å². The maximum atomic E-state index is 11.6. The van der Waals surface area contributed by atoms with Crippen LogP contribution in [0.25, 0.3) is 11.0 Å². The van der Waals surface area contributed by atoms with Crippen LogP contribution in [0.1, 0.15) is 11.1 Å². The SMILES string of the molecule is COc1cc(C(Cc2ccccc2)(Oc2ccccc2)n2nnc3ccccc32)ccc1[N+](=O)[O-]. The van der Waals surface area contributed by atoms with E-state index in [2.05, 4.69) is 10.3 Å². The Morgan fingerprint density at radius 2 is 1.60 bits per heavy atom. The first-order valence-electron chi connectivity index (χ1n) is 11.0. The molecule has 0 N–H and O–H groups in total. The molecule has 8 heteroatoms. The van der Waals surface area contributed by atoms with Crippen molar-refractivity contribution < 1.29 is 14.4 Å². The van der Waals surface area contributed by atoms with Gasteiger partial charge in [-0.05, 0) is 42.0 Å². The highest BCUT2D eigenvalue weighted by Gasteiger charge is 2.41. The number of rotatable bonds is 8. The van der Waals surface area contributed by atoms with Crippen LogP contribution < -0.4 is 9.47 Å². The lowest BCUT2D eigenvalue weighted by molar-refractivity contribution is -0.385. The van der Waals surface area contributed by atoms with Gasteiger partial charge in [-0.15, -0.1) is 5.10 Å². The zero-order valence-corrected chi connectivity index (χ0v) is 18.9. The largest absolute Gasteiger partial charge is 0.490 e. The Bertz CT molecular complexity index is 1430. The van der Waals surface area contributed by atoms with Crippen LogP contribution >= 0.6 is 0 Å². The molecule has 0 fully saturated rings. The van der Waals surface area contributed by atoms with Gasteiger partial charge in [-0.3, -0.25) is 10.1 Å². The van der Waals surface area contributed by atoms with Crippen LogP contribution in [-0.2, 0) is 12.1 Å². The molecule has 35 heavy (non-hydrogen) atoms. The number of nitrogens with zero attached hydrogens (tertiary/aromatic N) is 4. The smallest absolute Gasteiger partial charge is 0.310 e. The lowest BCUT2D eigenvalue weighted by Gasteiger charge is -2.35. The molecular formula is C27H22N4O4. The molecule has 0 aliphatic rings. The predicted octanol–water partition coefficient (Wildman–Crippen LogP) is 5.37. The van der Waals surface area contributed by atoms with E-state index in [1.54, 1.807) is 16.8 Å². The third kappa shape index (κ3) is 4.17. The molecule has 1 heterocycles. The number of hydrogen-bond acceptors (Lipinski definition) is 6. The van der Waals surface area contributed by atoms with E-state index in [4.69, 9.17) is 9.47 Å². The topological polar surface area (TPSA) is 92.3 Å². The fourth-order valence-corrected chi connectivity index (χ4v) is 4.20. The normalized spacial score (nSPS) is 12.7. The van der Waals surface area contributed by atoms with Crippen LogP contribution in [0, 0.1) is 10.1 Å². The van der Waals surface area contributed by atoms with Crippen LogP contribution in [0.5, 0.6) is 11.5 Å². The lowest BCUT2D eigenvalue weighted by Crippen LogP contribution is -2.44. The molecule has 1 aromatic heterocycles. The van der Waals surface area contributed by atoms with E-state index >= 15 is 0 Å². The number of para-hydroxylation sites is 2. The number of aromatic nitrogens is 3. The van der Waals surface area contributed by atoms with Crippen LogP contribution in [-0.4, -0.2) is 27.0 Å². The van der Waals surface area contributed by atoms with Crippen molar-refractivity contribution in [2.24, 2.45) is 0 Å². The van der Waals surface area contributed by atoms with Gasteiger partial charge in [-0.2, -0.15) is 4.68 Å². The number of nitro benzene ring substituents is 1. The number of ether oxygens (including phenoxy) is 2. The molecule has 0 bridgehead atoms. The Kier molecular flexibility index (Phi) is 5.85. The summed E-state index contributed by atoms with van der Waals surface area (Å²) in [4.78, 5) is 11.1. The molecule has 1 atom stereocenters. The van der Waals surface area contributed by atoms with Gasteiger partial charge in [0.05, 0.1) is 17.5 Å². The summed E-state index contributed by atoms with van der Waals surface area (Å²) in [5.74, 6) is 0.742. The molecule has 0 aliphatic carbocycles. The highest BCUT2D eigenvalue weighted by Crippen LogP contribution is 2.39. The molecule has 0 amide bonds. The Labute approximate surface area is 201 Å². The average Bonchev–Trinajstić information content (AvgIpc) is 3.34. The van der Waals surface area contributed by atoms with Gasteiger partial charge < -0.3 is 9.47 Å². The van der Waals surface area contributed by atoms with Gasteiger partial charge in [0.15, 0.2) is 5.75 Å². The molecule has 1 unspecified atom stereocenters. The second kappa shape index (κ2) is 9.26. The van der Waals surface area contributed by atoms with Gasteiger partial charge in [0.1, 0.15) is 11.3 Å². The third-order valence-corrected chi connectivity index (χ3v) is 5.84. The summed E-state index contributed by atoms with van der Waals surface area (Å²) in [6.07, 6.45) is 0.372. The molecule has 0 spiro atoms. The van der Waals surface area contributed by atoms with Gasteiger partial charge >= 0.3 is 5.69 Å². The average molecular weight is 466 g/mol. The zero-order valence-electron chi connectivity index (χ0n) is 18.9. The van der Waals surface area contributed by atoms with Crippen molar-refractivity contribution in [3.05, 3.63) is 124 Å². The van der Waals surface area contributed by atoms with Crippen molar-refractivity contribution in [3.63, 3.8) is 0 Å². The molecule has 0 saturated carbocycles. The van der Waals surface area contributed by atoms with Crippen molar-refractivity contribution >= 4 is 16.7 Å². The summed E-state index contributed by atoms with van der Waals surface area (Å²) in [6.45, 7) is 0. The van der Waals surface area contributed by atoms with Crippen molar-refractivity contribution in [2.75, 3.05) is 7.11 Å². The molecule has 5 rings (SSSR count). The predicted molar refractivity (Wildman–Crippen MR) is 131 cm³/mol. The fraction of sp³-hybridized carbons (Fsp3) is 0.111. The molecule has 8 nitrogen and oxygen atoms in total. The number of nitro groups is 1. The van der Waals surface area contributed by atoms with E-state index in [1.165, 1.54) is 13.2 Å². The van der Waals surface area contributed by atoms with Gasteiger partial charge in [-0.25, -0.2) is 0 Å². The molecule has 4 aromatic carbocycles. The van der Waals surface area contributed by atoms with E-state index in [-0.39, 0.29) is 11.4 Å². The first-order chi connectivity index (χ1) is 17.1. The summed E-state index contributed by atoms with van der Waals surface area (Å²) in [5.41, 5.74) is 1.71. The molecular weight excluding hydrogens is 444 g/mol. The van der Waals surface area contributed by atoms with Crippen molar-refractivity contribution in [1.82, 2.24) is 15.0 Å². The first kappa shape index (κ1) is 22.1. The van der Waals surface area contributed by atoms with E-state index in [1.807, 2.05) is 84.9 Å². The first-order valence-corrected chi connectivity index (χ1v) is 11.0. The molecule has 0 saturated heterocycles. The van der Waals surface area contributed by atoms with Gasteiger partial charge in [0.25, 0.3) is 0 Å². The number of methoxy groups -OCH3 is 1. The highest BCUT2D eigenvalue weighted by atomic mass is 16.6. The minimum absolute atomic E-state index is 0.131. The Morgan fingerprint density at radius 1 is 0.914 bits per heavy atom. The van der Waals surface area contributed by atoms with Gasteiger partial charge in [-0.1, -0.05) is 65.9 Å². The standard InChI is InChI=1S/C27H22N4O4/c1-34-26-18-21(16-17-25(26)31(32)33)27(19-20-10-4-2-5-11-20,35-22-12-6-3-7-13-22)30-24-15-9-8-14-23(24)28-29-30/h2-18H,19H2,1H3. The van der Waals surface area contributed by atoms with E-state index in [0.29, 0.717) is 23.3 Å². The van der Waals surface area contributed by atoms with Crippen LogP contribution in [0.2, 0.25) is 0 Å². The number of fused-ring (bicyclic) bond motifs is 1. The molecule has 174 valence electrons. The number of hydrogen-bond donors (Lipinski definition) is 0.